The van der Waals surface area contributed by atoms with Gasteiger partial charge in [-0.05, 0) is 73.8 Å². The highest BCUT2D eigenvalue weighted by molar-refractivity contribution is 5.65. The Bertz CT molecular complexity index is 1180. The van der Waals surface area contributed by atoms with Crippen molar-refractivity contribution >= 4 is 0 Å². The molecule has 3 aromatic rings. The van der Waals surface area contributed by atoms with Crippen LogP contribution in [0.15, 0.2) is 54.6 Å². The van der Waals surface area contributed by atoms with Crippen LogP contribution in [0.25, 0.3) is 11.1 Å². The number of benzene rings is 3. The monoisotopic (exact) mass is 538 g/mol. The molecule has 2 nitrogen and oxygen atoms in total. The smallest absolute Gasteiger partial charge is 0.166 e. The van der Waals surface area contributed by atoms with Crippen molar-refractivity contribution in [1.29, 1.82) is 0 Å². The van der Waals surface area contributed by atoms with Crippen molar-refractivity contribution in [3.05, 3.63) is 88.7 Å². The summed E-state index contributed by atoms with van der Waals surface area (Å²) in [5, 5.41) is 0. The quantitative estimate of drug-likeness (QED) is 0.202. The second kappa shape index (κ2) is 14.6. The van der Waals surface area contributed by atoms with E-state index in [2.05, 4.69) is 6.92 Å². The van der Waals surface area contributed by atoms with E-state index >= 15 is 4.39 Å². The van der Waals surface area contributed by atoms with Crippen LogP contribution in [0.3, 0.4) is 0 Å². The summed E-state index contributed by atoms with van der Waals surface area (Å²) in [6.07, 6.45) is 9.97. The Hall–Kier alpha value is -2.79. The van der Waals surface area contributed by atoms with E-state index in [-0.39, 0.29) is 23.6 Å². The van der Waals surface area contributed by atoms with Crippen molar-refractivity contribution in [3.8, 4) is 16.9 Å². The maximum Gasteiger partial charge on any atom is 0.166 e. The summed E-state index contributed by atoms with van der Waals surface area (Å²) in [6, 6.07) is 15.9. The molecule has 0 radical (unpaired) electrons. The zero-order valence-electron chi connectivity index (χ0n) is 23.3. The summed E-state index contributed by atoms with van der Waals surface area (Å²) in [4.78, 5) is 0. The Morgan fingerprint density at radius 2 is 1.49 bits per heavy atom. The van der Waals surface area contributed by atoms with Gasteiger partial charge in [-0.2, -0.15) is 0 Å². The molecular weight excluding hydrogens is 497 g/mol. The third-order valence-electron chi connectivity index (χ3n) is 7.83. The number of aryl methyl sites for hydroxylation is 1. The normalized spacial score (nSPS) is 17.4. The molecule has 0 atom stereocenters. The van der Waals surface area contributed by atoms with Crippen LogP contribution in [0.2, 0.25) is 0 Å². The molecule has 0 spiro atoms. The third kappa shape index (κ3) is 8.11. The SMILES string of the molecule is CCCCCCCCOc1ccc(COC2CCC(c3ccc(-c4ccc(C)cc4)c(F)c3F)CC2)cc1F. The van der Waals surface area contributed by atoms with Gasteiger partial charge >= 0.3 is 0 Å². The average molecular weight is 539 g/mol. The van der Waals surface area contributed by atoms with E-state index < -0.39 is 11.6 Å². The molecule has 0 N–H and O–H groups in total. The number of unbranched alkanes of at least 4 members (excludes halogenated alkanes) is 5. The van der Waals surface area contributed by atoms with E-state index in [9.17, 15) is 8.78 Å². The van der Waals surface area contributed by atoms with Gasteiger partial charge in [0.1, 0.15) is 0 Å². The highest BCUT2D eigenvalue weighted by Gasteiger charge is 2.27. The highest BCUT2D eigenvalue weighted by atomic mass is 19.2. The van der Waals surface area contributed by atoms with Gasteiger partial charge in [-0.3, -0.25) is 0 Å². The van der Waals surface area contributed by atoms with Crippen LogP contribution < -0.4 is 4.74 Å². The summed E-state index contributed by atoms with van der Waals surface area (Å²) in [6.45, 7) is 5.01. The number of hydrogen-bond acceptors (Lipinski definition) is 2. The molecule has 0 aromatic heterocycles. The Balaban J connectivity index is 1.23. The first kappa shape index (κ1) is 29.2. The van der Waals surface area contributed by atoms with Gasteiger partial charge in [-0.15, -0.1) is 0 Å². The molecule has 0 unspecified atom stereocenters. The minimum atomic E-state index is -0.781. The molecule has 0 heterocycles. The summed E-state index contributed by atoms with van der Waals surface area (Å²) < 4.78 is 56.2. The van der Waals surface area contributed by atoms with Gasteiger partial charge in [-0.1, -0.05) is 87.1 Å². The lowest BCUT2D eigenvalue weighted by molar-refractivity contribution is 0.0130. The minimum absolute atomic E-state index is 0.0210. The van der Waals surface area contributed by atoms with Gasteiger partial charge in [0.25, 0.3) is 0 Å². The fraction of sp³-hybridized carbons (Fsp3) is 0.471. The Kier molecular flexibility index (Phi) is 10.9. The van der Waals surface area contributed by atoms with Crippen LogP contribution in [0, 0.1) is 24.4 Å². The van der Waals surface area contributed by atoms with Crippen LogP contribution >= 0.6 is 0 Å². The molecule has 0 saturated heterocycles. The first-order chi connectivity index (χ1) is 19.0. The van der Waals surface area contributed by atoms with E-state index in [1.807, 2.05) is 37.3 Å². The van der Waals surface area contributed by atoms with Gasteiger partial charge in [-0.25, -0.2) is 13.2 Å². The summed E-state index contributed by atoms with van der Waals surface area (Å²) in [7, 11) is 0. The molecule has 4 rings (SSSR count). The van der Waals surface area contributed by atoms with Crippen LogP contribution in [0.1, 0.15) is 93.7 Å². The molecule has 1 fully saturated rings. The molecule has 1 saturated carbocycles. The lowest BCUT2D eigenvalue weighted by Crippen LogP contribution is -2.21. The predicted molar refractivity (Wildman–Crippen MR) is 152 cm³/mol. The van der Waals surface area contributed by atoms with Crippen molar-refractivity contribution < 1.29 is 22.6 Å². The van der Waals surface area contributed by atoms with Gasteiger partial charge in [0.05, 0.1) is 19.3 Å². The fourth-order valence-electron chi connectivity index (χ4n) is 5.41. The van der Waals surface area contributed by atoms with Crippen LogP contribution in [-0.4, -0.2) is 12.7 Å². The zero-order valence-corrected chi connectivity index (χ0v) is 23.3. The second-order valence-electron chi connectivity index (χ2n) is 10.9. The van der Waals surface area contributed by atoms with Crippen molar-refractivity contribution in [2.24, 2.45) is 0 Å². The van der Waals surface area contributed by atoms with Crippen molar-refractivity contribution in [3.63, 3.8) is 0 Å². The van der Waals surface area contributed by atoms with Crippen LogP contribution in [-0.2, 0) is 11.3 Å². The first-order valence-electron chi connectivity index (χ1n) is 14.5. The maximum absolute atomic E-state index is 15.1. The topological polar surface area (TPSA) is 18.5 Å². The standard InChI is InChI=1S/C34H41F3O2/c1-3-4-5-6-7-8-21-38-32-20-11-25(22-31(32)35)23-39-28-16-14-27(15-17-28)30-19-18-29(33(36)34(30)37)26-12-9-24(2)10-13-26/h9-13,18-20,22,27-28H,3-8,14-17,21,23H2,1-2H3. The molecule has 1 aliphatic carbocycles. The average Bonchev–Trinajstić information content (AvgIpc) is 2.95. The number of rotatable bonds is 13. The largest absolute Gasteiger partial charge is 0.491 e. The Morgan fingerprint density at radius 3 is 2.21 bits per heavy atom. The van der Waals surface area contributed by atoms with Crippen LogP contribution in [0.4, 0.5) is 13.2 Å². The van der Waals surface area contributed by atoms with Crippen molar-refractivity contribution in [2.45, 2.75) is 96.7 Å². The first-order valence-corrected chi connectivity index (χ1v) is 14.5. The highest BCUT2D eigenvalue weighted by Crippen LogP contribution is 2.38. The number of halogens is 3. The molecule has 5 heteroatoms. The van der Waals surface area contributed by atoms with E-state index in [1.54, 1.807) is 18.2 Å². The molecule has 0 aliphatic heterocycles. The van der Waals surface area contributed by atoms with Gasteiger partial charge in [0, 0.05) is 5.56 Å². The van der Waals surface area contributed by atoms with Crippen molar-refractivity contribution in [1.82, 2.24) is 0 Å². The zero-order chi connectivity index (χ0) is 27.6. The fourth-order valence-corrected chi connectivity index (χ4v) is 5.41. The lowest BCUT2D eigenvalue weighted by Gasteiger charge is -2.29. The molecule has 0 bridgehead atoms. The number of hydrogen-bond donors (Lipinski definition) is 0. The summed E-state index contributed by atoms with van der Waals surface area (Å²) in [5.41, 5.74) is 3.25. The third-order valence-corrected chi connectivity index (χ3v) is 7.83. The molecule has 3 aromatic carbocycles. The number of ether oxygens (including phenoxy) is 2. The van der Waals surface area contributed by atoms with E-state index in [0.29, 0.717) is 29.9 Å². The van der Waals surface area contributed by atoms with E-state index in [4.69, 9.17) is 9.47 Å². The second-order valence-corrected chi connectivity index (χ2v) is 10.9. The molecular formula is C34H41F3O2. The maximum atomic E-state index is 15.1. The predicted octanol–water partition coefficient (Wildman–Crippen LogP) is 10.1. The van der Waals surface area contributed by atoms with E-state index in [0.717, 1.165) is 49.7 Å². The van der Waals surface area contributed by atoms with Crippen molar-refractivity contribution in [2.75, 3.05) is 6.61 Å². The van der Waals surface area contributed by atoms with Gasteiger partial charge < -0.3 is 9.47 Å². The minimum Gasteiger partial charge on any atom is -0.491 e. The summed E-state index contributed by atoms with van der Waals surface area (Å²) in [5.74, 6) is -1.64. The summed E-state index contributed by atoms with van der Waals surface area (Å²) >= 11 is 0. The molecule has 210 valence electrons. The van der Waals surface area contributed by atoms with Crippen LogP contribution in [0.5, 0.6) is 5.75 Å². The van der Waals surface area contributed by atoms with Gasteiger partial charge in [0.15, 0.2) is 23.2 Å². The molecule has 1 aliphatic rings. The lowest BCUT2D eigenvalue weighted by atomic mass is 9.82. The Morgan fingerprint density at radius 1 is 0.769 bits per heavy atom. The molecule has 0 amide bonds. The Labute approximate surface area is 231 Å². The molecule has 39 heavy (non-hydrogen) atoms. The van der Waals surface area contributed by atoms with Gasteiger partial charge in [0.2, 0.25) is 0 Å². The van der Waals surface area contributed by atoms with E-state index in [1.165, 1.54) is 31.7 Å².